The molecule has 1 rings (SSSR count). The van der Waals surface area contributed by atoms with Gasteiger partial charge in [0.2, 0.25) is 0 Å². The van der Waals surface area contributed by atoms with Crippen LogP contribution in [0.5, 0.6) is 0 Å². The van der Waals surface area contributed by atoms with Crippen LogP contribution in [0.1, 0.15) is 33.3 Å². The van der Waals surface area contributed by atoms with Gasteiger partial charge in [-0.3, -0.25) is 0 Å². The number of rotatable bonds is 0. The zero-order chi connectivity index (χ0) is 11.6. The largest absolute Gasteiger partial charge is 0.207 e. The predicted octanol–water partition coefficient (Wildman–Crippen LogP) is 3.89. The van der Waals surface area contributed by atoms with E-state index in [0.29, 0.717) is 0 Å². The van der Waals surface area contributed by atoms with Gasteiger partial charge in [0.05, 0.1) is 11.6 Å². The summed E-state index contributed by atoms with van der Waals surface area (Å²) in [6.07, 6.45) is 0. The maximum atomic E-state index is 12.2. The predicted molar refractivity (Wildman–Crippen MR) is 53.8 cm³/mol. The molecule has 0 aromatic heterocycles. The van der Waals surface area contributed by atoms with E-state index < -0.39 is 11.6 Å². The molecule has 0 bridgehead atoms. The van der Waals surface area contributed by atoms with Crippen molar-refractivity contribution >= 4 is 0 Å². The number of hydrogen-bond donors (Lipinski definition) is 0. The lowest BCUT2D eigenvalue weighted by atomic mass is 10.2. The third-order valence-electron chi connectivity index (χ3n) is 0.992. The number of benzene rings is 1. The van der Waals surface area contributed by atoms with E-state index in [9.17, 15) is 8.78 Å². The summed E-state index contributed by atoms with van der Waals surface area (Å²) in [5, 5.41) is 8.20. The fraction of sp³-hybridized carbons (Fsp3) is 0.364. The zero-order valence-electron chi connectivity index (χ0n) is 8.94. The van der Waals surface area contributed by atoms with Crippen LogP contribution >= 0.6 is 0 Å². The fourth-order valence-electron chi connectivity index (χ4n) is 0.618. The number of hydrogen-bond acceptors (Lipinski definition) is 1. The van der Waals surface area contributed by atoms with E-state index in [1.165, 1.54) is 0 Å². The highest BCUT2D eigenvalue weighted by Crippen LogP contribution is 2.05. The Morgan fingerprint density at radius 3 is 1.57 bits per heavy atom. The van der Waals surface area contributed by atoms with Crippen LogP contribution < -0.4 is 0 Å². The van der Waals surface area contributed by atoms with Gasteiger partial charge in [-0.2, -0.15) is 5.26 Å². The van der Waals surface area contributed by atoms with Crippen LogP contribution in [0.3, 0.4) is 0 Å². The Balaban J connectivity index is 0. The van der Waals surface area contributed by atoms with Crippen molar-refractivity contribution in [2.45, 2.75) is 27.7 Å². The molecule has 78 valence electrons. The molecule has 0 radical (unpaired) electrons. The number of halogens is 2. The second kappa shape index (κ2) is 9.66. The summed E-state index contributed by atoms with van der Waals surface area (Å²) in [5.41, 5.74) is -0.00231. The molecule has 0 atom stereocenters. The second-order valence-corrected chi connectivity index (χ2v) is 1.77. The second-order valence-electron chi connectivity index (χ2n) is 1.77. The van der Waals surface area contributed by atoms with Gasteiger partial charge in [0.25, 0.3) is 0 Å². The Morgan fingerprint density at radius 1 is 0.929 bits per heavy atom. The average molecular weight is 199 g/mol. The van der Waals surface area contributed by atoms with Crippen molar-refractivity contribution in [2.24, 2.45) is 0 Å². The lowest BCUT2D eigenvalue weighted by molar-refractivity contribution is 0.582. The standard InChI is InChI=1S/C7H3F2N.2C2H6/c8-6-1-5(4-10)2-7(9)3-6;2*1-2/h1-3H;2*1-2H3. The smallest absolute Gasteiger partial charge is 0.127 e. The Kier molecular flexibility index (Phi) is 10.4. The summed E-state index contributed by atoms with van der Waals surface area (Å²) in [4.78, 5) is 0. The van der Waals surface area contributed by atoms with E-state index in [2.05, 4.69) is 0 Å². The number of nitriles is 1. The highest BCUT2D eigenvalue weighted by molar-refractivity contribution is 5.29. The molecule has 14 heavy (non-hydrogen) atoms. The van der Waals surface area contributed by atoms with Crippen LogP contribution in [0.2, 0.25) is 0 Å². The van der Waals surface area contributed by atoms with E-state index >= 15 is 0 Å². The van der Waals surface area contributed by atoms with Crippen LogP contribution in [-0.2, 0) is 0 Å². The van der Waals surface area contributed by atoms with E-state index in [1.54, 1.807) is 6.07 Å². The molecule has 0 aliphatic carbocycles. The van der Waals surface area contributed by atoms with Gasteiger partial charge < -0.3 is 0 Å². The molecule has 0 saturated heterocycles. The van der Waals surface area contributed by atoms with E-state index in [1.807, 2.05) is 27.7 Å². The molecular weight excluding hydrogens is 184 g/mol. The molecule has 0 aliphatic rings. The van der Waals surface area contributed by atoms with Crippen molar-refractivity contribution in [1.29, 1.82) is 5.26 Å². The fourth-order valence-corrected chi connectivity index (χ4v) is 0.618. The molecule has 0 amide bonds. The van der Waals surface area contributed by atoms with Gasteiger partial charge in [-0.15, -0.1) is 0 Å². The highest BCUT2D eigenvalue weighted by Gasteiger charge is 1.97. The van der Waals surface area contributed by atoms with Gasteiger partial charge in [-0.05, 0) is 12.1 Å². The van der Waals surface area contributed by atoms with Crippen LogP contribution in [0, 0.1) is 23.0 Å². The summed E-state index contributed by atoms with van der Waals surface area (Å²) in [5.74, 6) is -1.45. The maximum absolute atomic E-state index is 12.2. The quantitative estimate of drug-likeness (QED) is 0.621. The Hall–Kier alpha value is -1.43. The van der Waals surface area contributed by atoms with Gasteiger partial charge >= 0.3 is 0 Å². The minimum atomic E-state index is -0.725. The van der Waals surface area contributed by atoms with Crippen LogP contribution in [0.25, 0.3) is 0 Å². The highest BCUT2D eigenvalue weighted by atomic mass is 19.1. The third kappa shape index (κ3) is 6.13. The molecule has 0 unspecified atom stereocenters. The molecular formula is C11H15F2N. The first-order valence-electron chi connectivity index (χ1n) is 4.58. The SMILES string of the molecule is CC.CC.N#Cc1cc(F)cc(F)c1. The molecule has 1 aromatic rings. The van der Waals surface area contributed by atoms with E-state index in [4.69, 9.17) is 5.26 Å². The van der Waals surface area contributed by atoms with Crippen LogP contribution in [-0.4, -0.2) is 0 Å². The Bertz CT molecular complexity index is 270. The molecule has 0 heterocycles. The van der Waals surface area contributed by atoms with E-state index in [0.717, 1.165) is 18.2 Å². The van der Waals surface area contributed by atoms with E-state index in [-0.39, 0.29) is 5.56 Å². The monoisotopic (exact) mass is 199 g/mol. The molecule has 0 aliphatic heterocycles. The minimum absolute atomic E-state index is 0.00231. The van der Waals surface area contributed by atoms with Crippen molar-refractivity contribution < 1.29 is 8.78 Å². The molecule has 3 heteroatoms. The van der Waals surface area contributed by atoms with Crippen LogP contribution in [0.15, 0.2) is 18.2 Å². The van der Waals surface area contributed by atoms with Crippen LogP contribution in [0.4, 0.5) is 8.78 Å². The summed E-state index contributed by atoms with van der Waals surface area (Å²) < 4.78 is 24.4. The van der Waals surface area contributed by atoms with Crippen molar-refractivity contribution in [3.05, 3.63) is 35.4 Å². The number of nitrogens with zero attached hydrogens (tertiary/aromatic N) is 1. The van der Waals surface area contributed by atoms with Gasteiger partial charge in [0, 0.05) is 6.07 Å². The van der Waals surface area contributed by atoms with Gasteiger partial charge in [0.15, 0.2) is 0 Å². The van der Waals surface area contributed by atoms with Gasteiger partial charge in [-0.25, -0.2) is 8.78 Å². The molecule has 0 spiro atoms. The summed E-state index contributed by atoms with van der Waals surface area (Å²) in [6, 6.07) is 4.30. The van der Waals surface area contributed by atoms with Gasteiger partial charge in [0.1, 0.15) is 11.6 Å². The average Bonchev–Trinajstić information content (AvgIpc) is 2.22. The lowest BCUT2D eigenvalue weighted by Crippen LogP contribution is -1.81. The first-order chi connectivity index (χ1) is 6.72. The summed E-state index contributed by atoms with van der Waals surface area (Å²) >= 11 is 0. The maximum Gasteiger partial charge on any atom is 0.127 e. The summed E-state index contributed by atoms with van der Waals surface area (Å²) in [7, 11) is 0. The molecule has 1 nitrogen and oxygen atoms in total. The molecule has 0 saturated carbocycles. The molecule has 0 N–H and O–H groups in total. The lowest BCUT2D eigenvalue weighted by Gasteiger charge is -1.89. The topological polar surface area (TPSA) is 23.8 Å². The molecule has 0 fully saturated rings. The molecule has 1 aromatic carbocycles. The van der Waals surface area contributed by atoms with Gasteiger partial charge in [-0.1, -0.05) is 27.7 Å². The zero-order valence-corrected chi connectivity index (χ0v) is 8.94. The van der Waals surface area contributed by atoms with Crippen molar-refractivity contribution in [3.63, 3.8) is 0 Å². The third-order valence-corrected chi connectivity index (χ3v) is 0.992. The first kappa shape index (κ1) is 15.1. The normalized spacial score (nSPS) is 7.21. The Morgan fingerprint density at radius 2 is 1.29 bits per heavy atom. The minimum Gasteiger partial charge on any atom is -0.207 e. The summed E-state index contributed by atoms with van der Waals surface area (Å²) in [6.45, 7) is 8.00. The Labute approximate surface area is 84.0 Å². The van der Waals surface area contributed by atoms with Crippen molar-refractivity contribution in [1.82, 2.24) is 0 Å². The first-order valence-corrected chi connectivity index (χ1v) is 4.58. The van der Waals surface area contributed by atoms with Crippen molar-refractivity contribution in [3.8, 4) is 6.07 Å². The van der Waals surface area contributed by atoms with Crippen molar-refractivity contribution in [2.75, 3.05) is 0 Å².